The molecule has 5 rings (SSSR count). The topological polar surface area (TPSA) is 70.2 Å². The molecule has 1 saturated carbocycles. The Bertz CT molecular complexity index is 1190. The minimum atomic E-state index is -0.214. The molecule has 0 radical (unpaired) electrons. The number of thioether (sulfide) groups is 1. The maximum atomic E-state index is 13.1. The Morgan fingerprint density at radius 2 is 1.77 bits per heavy atom. The Morgan fingerprint density at radius 1 is 1.06 bits per heavy atom. The van der Waals surface area contributed by atoms with Gasteiger partial charge in [-0.2, -0.15) is 0 Å². The highest BCUT2D eigenvalue weighted by Crippen LogP contribution is 2.39. The summed E-state index contributed by atoms with van der Waals surface area (Å²) in [6.45, 7) is 0. The highest BCUT2D eigenvalue weighted by molar-refractivity contribution is 7.99. The van der Waals surface area contributed by atoms with Crippen LogP contribution in [0.2, 0.25) is 10.0 Å². The molecule has 35 heavy (non-hydrogen) atoms. The first-order chi connectivity index (χ1) is 17.0. The molecule has 1 fully saturated rings. The molecule has 2 aromatic carbocycles. The summed E-state index contributed by atoms with van der Waals surface area (Å²) in [5.41, 5.74) is 3.22. The summed E-state index contributed by atoms with van der Waals surface area (Å²) in [5.74, 6) is 1.38. The van der Waals surface area contributed by atoms with Crippen LogP contribution in [0.25, 0.3) is 0 Å². The van der Waals surface area contributed by atoms with Crippen molar-refractivity contribution >= 4 is 58.2 Å². The molecule has 1 aromatic heterocycles. The fourth-order valence-electron chi connectivity index (χ4n) is 4.77. The maximum Gasteiger partial charge on any atom is 0.263 e. The molecule has 0 bridgehead atoms. The van der Waals surface area contributed by atoms with Crippen LogP contribution in [0.15, 0.2) is 53.7 Å². The van der Waals surface area contributed by atoms with Crippen molar-refractivity contribution in [3.05, 3.63) is 69.8 Å². The Morgan fingerprint density at radius 3 is 2.46 bits per heavy atom. The second-order valence-corrected chi connectivity index (χ2v) is 10.8. The van der Waals surface area contributed by atoms with Crippen molar-refractivity contribution in [1.82, 2.24) is 15.3 Å². The molecular formula is C26H27Cl2N5OS. The molecule has 0 saturated heterocycles. The van der Waals surface area contributed by atoms with Crippen LogP contribution in [0.5, 0.6) is 0 Å². The van der Waals surface area contributed by atoms with Crippen molar-refractivity contribution < 1.29 is 4.79 Å². The number of benzene rings is 2. The molecule has 9 heteroatoms. The first kappa shape index (κ1) is 24.4. The number of nitrogens with zero attached hydrogens (tertiary/aromatic N) is 3. The van der Waals surface area contributed by atoms with E-state index in [0.29, 0.717) is 44.2 Å². The van der Waals surface area contributed by atoms with Crippen LogP contribution in [-0.2, 0) is 6.42 Å². The Labute approximate surface area is 219 Å². The maximum absolute atomic E-state index is 13.1. The lowest BCUT2D eigenvalue weighted by atomic mass is 9.82. The summed E-state index contributed by atoms with van der Waals surface area (Å²) in [4.78, 5) is 23.7. The smallest absolute Gasteiger partial charge is 0.263 e. The van der Waals surface area contributed by atoms with Gasteiger partial charge in [-0.3, -0.25) is 9.69 Å². The Hall–Kier alpha value is -2.32. The third-order valence-corrected chi connectivity index (χ3v) is 8.34. The van der Waals surface area contributed by atoms with Crippen molar-refractivity contribution in [1.29, 1.82) is 0 Å². The lowest BCUT2D eigenvalue weighted by molar-refractivity contribution is 0.0985. The predicted octanol–water partition coefficient (Wildman–Crippen LogP) is 6.56. The number of aromatic nitrogens is 2. The summed E-state index contributed by atoms with van der Waals surface area (Å²) in [7, 11) is 2.06. The summed E-state index contributed by atoms with van der Waals surface area (Å²) >= 11 is 14.1. The molecule has 6 nitrogen and oxygen atoms in total. The van der Waals surface area contributed by atoms with E-state index in [1.807, 2.05) is 0 Å². The van der Waals surface area contributed by atoms with E-state index < -0.39 is 0 Å². The van der Waals surface area contributed by atoms with Crippen molar-refractivity contribution in [3.63, 3.8) is 0 Å². The summed E-state index contributed by atoms with van der Waals surface area (Å²) < 4.78 is 0. The molecule has 3 aromatic rings. The second-order valence-electron chi connectivity index (χ2n) is 9.02. The predicted molar refractivity (Wildman–Crippen MR) is 144 cm³/mol. The largest absolute Gasteiger partial charge is 0.324 e. The van der Waals surface area contributed by atoms with E-state index >= 15 is 0 Å². The number of anilines is 3. The zero-order valence-corrected chi connectivity index (χ0v) is 21.8. The van der Waals surface area contributed by atoms with E-state index in [1.54, 1.807) is 29.3 Å². The number of rotatable bonds is 6. The minimum Gasteiger partial charge on any atom is -0.324 e. The van der Waals surface area contributed by atoms with Crippen molar-refractivity contribution in [2.75, 3.05) is 23.1 Å². The molecule has 2 aliphatic rings. The van der Waals surface area contributed by atoms with Crippen molar-refractivity contribution in [3.8, 4) is 0 Å². The van der Waals surface area contributed by atoms with Crippen LogP contribution in [0.4, 0.5) is 17.3 Å². The number of hydrogen-bond donors (Lipinski definition) is 2. The van der Waals surface area contributed by atoms with Gasteiger partial charge in [-0.1, -0.05) is 53.2 Å². The van der Waals surface area contributed by atoms with Crippen molar-refractivity contribution in [2.24, 2.45) is 5.92 Å². The normalized spacial score (nSPS) is 20.0. The number of fused-ring (bicyclic) bond motifs is 1. The van der Waals surface area contributed by atoms with Crippen LogP contribution in [-0.4, -0.2) is 34.8 Å². The van der Waals surface area contributed by atoms with E-state index in [2.05, 4.69) is 51.9 Å². The lowest BCUT2D eigenvalue weighted by Crippen LogP contribution is -2.35. The number of hydrogen-bond acceptors (Lipinski definition) is 6. The monoisotopic (exact) mass is 527 g/mol. The van der Waals surface area contributed by atoms with Crippen LogP contribution in [0.3, 0.4) is 0 Å². The van der Waals surface area contributed by atoms with Crippen LogP contribution in [0, 0.1) is 5.92 Å². The molecule has 2 N–H and O–H groups in total. The van der Waals surface area contributed by atoms with Gasteiger partial charge in [-0.25, -0.2) is 9.97 Å². The first-order valence-electron chi connectivity index (χ1n) is 11.8. The zero-order chi connectivity index (χ0) is 24.4. The number of nitrogens with one attached hydrogen (secondary N) is 2. The SMILES string of the molecule is CNC1CCC(Cc2ccc(Nc3ncc4c(n3)SCN(c3c(Cl)cccc3Cl)C4=O)cc2)CC1. The Kier molecular flexibility index (Phi) is 7.48. The highest BCUT2D eigenvalue weighted by atomic mass is 35.5. The average Bonchev–Trinajstić information content (AvgIpc) is 2.87. The second kappa shape index (κ2) is 10.7. The van der Waals surface area contributed by atoms with Gasteiger partial charge in [0.25, 0.3) is 5.91 Å². The van der Waals surface area contributed by atoms with Gasteiger partial charge in [0.05, 0.1) is 27.2 Å². The third kappa shape index (κ3) is 5.43. The zero-order valence-electron chi connectivity index (χ0n) is 19.4. The van der Waals surface area contributed by atoms with Gasteiger partial charge in [0.2, 0.25) is 5.95 Å². The number of halogens is 2. The van der Waals surface area contributed by atoms with Gasteiger partial charge in [0.1, 0.15) is 5.03 Å². The van der Waals surface area contributed by atoms with Crippen LogP contribution < -0.4 is 15.5 Å². The van der Waals surface area contributed by atoms with Gasteiger partial charge < -0.3 is 10.6 Å². The molecule has 0 unspecified atom stereocenters. The molecule has 2 heterocycles. The molecule has 0 atom stereocenters. The standard InChI is InChI=1S/C26H27Cl2N5OS/c1-29-18-9-5-16(6-10-18)13-17-7-11-19(12-8-17)31-26-30-14-20-24(32-26)35-15-33(25(20)34)23-21(27)3-2-4-22(23)28/h2-4,7-8,11-12,14,16,18,29H,5-6,9-10,13,15H2,1H3,(H,30,31,32). The van der Waals surface area contributed by atoms with Crippen LogP contribution >= 0.6 is 35.0 Å². The molecular weight excluding hydrogens is 501 g/mol. The third-order valence-electron chi connectivity index (χ3n) is 6.76. The van der Waals surface area contributed by atoms with E-state index in [0.717, 1.165) is 18.0 Å². The van der Waals surface area contributed by atoms with Crippen molar-refractivity contribution in [2.45, 2.75) is 43.2 Å². The minimum absolute atomic E-state index is 0.214. The van der Waals surface area contributed by atoms with Gasteiger partial charge >= 0.3 is 0 Å². The van der Waals surface area contributed by atoms with Crippen LogP contribution in [0.1, 0.15) is 41.6 Å². The number of carbonyl (C=O) groups is 1. The molecule has 1 amide bonds. The first-order valence-corrected chi connectivity index (χ1v) is 13.5. The summed E-state index contributed by atoms with van der Waals surface area (Å²) in [6, 6.07) is 14.4. The fourth-order valence-corrected chi connectivity index (χ4v) is 6.31. The van der Waals surface area contributed by atoms with Gasteiger partial charge in [0, 0.05) is 17.9 Å². The van der Waals surface area contributed by atoms with Gasteiger partial charge in [0.15, 0.2) is 0 Å². The fraction of sp³-hybridized carbons (Fsp3) is 0.346. The van der Waals surface area contributed by atoms with E-state index in [-0.39, 0.29) is 5.91 Å². The van der Waals surface area contributed by atoms with E-state index in [4.69, 9.17) is 23.2 Å². The Balaban J connectivity index is 1.24. The number of carbonyl (C=O) groups excluding carboxylic acids is 1. The summed E-state index contributed by atoms with van der Waals surface area (Å²) in [5, 5.41) is 8.17. The highest BCUT2D eigenvalue weighted by Gasteiger charge is 2.30. The number of amides is 1. The molecule has 1 aliphatic carbocycles. The van der Waals surface area contributed by atoms with Gasteiger partial charge in [-0.15, -0.1) is 0 Å². The lowest BCUT2D eigenvalue weighted by Gasteiger charge is -2.28. The van der Waals surface area contributed by atoms with E-state index in [9.17, 15) is 4.79 Å². The number of para-hydroxylation sites is 1. The molecule has 0 spiro atoms. The van der Waals surface area contributed by atoms with E-state index in [1.165, 1.54) is 43.0 Å². The molecule has 182 valence electrons. The average molecular weight is 529 g/mol. The summed E-state index contributed by atoms with van der Waals surface area (Å²) in [6.07, 6.45) is 7.78. The quantitative estimate of drug-likeness (QED) is 0.353. The van der Waals surface area contributed by atoms with Gasteiger partial charge in [-0.05, 0) is 74.9 Å². The molecule has 1 aliphatic heterocycles.